The lowest BCUT2D eigenvalue weighted by atomic mass is 9.62. The third kappa shape index (κ3) is 7.62. The fourth-order valence-corrected chi connectivity index (χ4v) is 8.62. The molecule has 2 aromatic heterocycles. The van der Waals surface area contributed by atoms with Gasteiger partial charge in [-0.3, -0.25) is 19.2 Å². The first-order valence-corrected chi connectivity index (χ1v) is 18.6. The van der Waals surface area contributed by atoms with Crippen LogP contribution in [0.1, 0.15) is 74.1 Å². The molecule has 9 atom stereocenters. The number of fused-ring (bicyclic) bond motifs is 2. The van der Waals surface area contributed by atoms with E-state index >= 15 is 0 Å². The van der Waals surface area contributed by atoms with Crippen LogP contribution in [0.4, 0.5) is 4.79 Å². The van der Waals surface area contributed by atoms with Gasteiger partial charge in [0.2, 0.25) is 0 Å². The van der Waals surface area contributed by atoms with Crippen molar-refractivity contribution in [3.05, 3.63) is 30.5 Å². The molecule has 1 N–H and O–H groups in total. The van der Waals surface area contributed by atoms with Gasteiger partial charge in [0.05, 0.1) is 35.9 Å². The molecule has 2 fully saturated rings. The number of rotatable bonds is 8. The molecular weight excluding hydrogens is 655 g/mol. The summed E-state index contributed by atoms with van der Waals surface area (Å²) in [7, 11) is 8.27. The van der Waals surface area contributed by atoms with Crippen molar-refractivity contribution in [1.82, 2.24) is 30.2 Å². The van der Waals surface area contributed by atoms with Crippen LogP contribution in [0, 0.1) is 17.8 Å². The SMILES string of the molecule is [B][C@@H]1[C@@H](C)C(=O)[C@@H](C)C(=O)O[C@H](CC)[C@@]2(C)OC(=O)N(CCCCn3cc(-c4nc5ccccc5s4)nn3)[C@@H]2[C@@H](C)NC[C@H](C)C[C@@]1(C)OC. The maximum atomic E-state index is 13.6. The molecule has 0 aliphatic carbocycles. The Kier molecular flexibility index (Phi) is 11.7. The van der Waals surface area contributed by atoms with Crippen LogP contribution < -0.4 is 5.32 Å². The topological polar surface area (TPSA) is 138 Å². The zero-order chi connectivity index (χ0) is 36.4. The number of hydrogen-bond acceptors (Lipinski definition) is 11. The van der Waals surface area contributed by atoms with E-state index in [1.807, 2.05) is 58.2 Å². The third-order valence-corrected chi connectivity index (χ3v) is 11.8. The van der Waals surface area contributed by atoms with E-state index in [-0.39, 0.29) is 17.7 Å². The van der Waals surface area contributed by atoms with E-state index in [0.717, 1.165) is 27.3 Å². The highest BCUT2D eigenvalue weighted by atomic mass is 32.1. The van der Waals surface area contributed by atoms with E-state index in [4.69, 9.17) is 22.1 Å². The number of aromatic nitrogens is 4. The zero-order valence-corrected chi connectivity index (χ0v) is 31.4. The molecule has 2 saturated heterocycles. The van der Waals surface area contributed by atoms with Crippen LogP contribution in [0.25, 0.3) is 20.9 Å². The largest absolute Gasteiger partial charge is 0.458 e. The number of carbonyl (C=O) groups excluding carboxylic acids is 3. The number of methoxy groups -OCH3 is 1. The number of ether oxygens (including phenoxy) is 3. The molecule has 270 valence electrons. The fraction of sp³-hybridized carbons (Fsp3) is 0.667. The van der Waals surface area contributed by atoms with Crippen LogP contribution in [0.5, 0.6) is 0 Å². The highest BCUT2D eigenvalue weighted by Gasteiger charge is 2.58. The monoisotopic (exact) mass is 706 g/mol. The molecular formula is C36H51BN6O6S. The number of para-hydroxylation sites is 1. The number of hydrogen-bond donors (Lipinski definition) is 1. The minimum atomic E-state index is -1.17. The minimum absolute atomic E-state index is 0.117. The summed E-state index contributed by atoms with van der Waals surface area (Å²) in [6.45, 7) is 14.8. The summed E-state index contributed by atoms with van der Waals surface area (Å²) in [6.07, 6.45) is 3.08. The molecule has 12 nitrogen and oxygen atoms in total. The van der Waals surface area contributed by atoms with Crippen LogP contribution in [-0.4, -0.2) is 100 Å². The molecule has 0 unspecified atom stereocenters. The molecule has 2 radical (unpaired) electrons. The summed E-state index contributed by atoms with van der Waals surface area (Å²) in [5.41, 5.74) is -0.302. The Labute approximate surface area is 300 Å². The van der Waals surface area contributed by atoms with Crippen molar-refractivity contribution in [2.45, 2.75) is 116 Å². The number of esters is 1. The van der Waals surface area contributed by atoms with Crippen LogP contribution in [0.15, 0.2) is 30.5 Å². The predicted octanol–water partition coefficient (Wildman–Crippen LogP) is 5.46. The highest BCUT2D eigenvalue weighted by molar-refractivity contribution is 7.21. The van der Waals surface area contributed by atoms with Gasteiger partial charge < -0.3 is 19.5 Å². The first kappa shape index (κ1) is 37.9. The second kappa shape index (κ2) is 15.5. The maximum absolute atomic E-state index is 13.6. The molecule has 5 rings (SSSR count). The van der Waals surface area contributed by atoms with Gasteiger partial charge in [-0.15, -0.1) is 16.4 Å². The molecule has 1 aromatic carbocycles. The number of benzene rings is 1. The summed E-state index contributed by atoms with van der Waals surface area (Å²) in [5, 5.41) is 13.1. The first-order valence-electron chi connectivity index (χ1n) is 17.8. The number of nitrogens with one attached hydrogen (secondary N) is 1. The van der Waals surface area contributed by atoms with Gasteiger partial charge in [0, 0.05) is 32.2 Å². The Hall–Kier alpha value is -3.36. The summed E-state index contributed by atoms with van der Waals surface area (Å²) in [6, 6.07) is 7.31. The molecule has 4 heterocycles. The van der Waals surface area contributed by atoms with Gasteiger partial charge >= 0.3 is 12.1 Å². The molecule has 50 heavy (non-hydrogen) atoms. The Bertz CT molecular complexity index is 1640. The van der Waals surface area contributed by atoms with Crippen LogP contribution in [0.2, 0.25) is 5.82 Å². The third-order valence-electron chi connectivity index (χ3n) is 10.8. The summed E-state index contributed by atoms with van der Waals surface area (Å²) >= 11 is 1.58. The number of unbranched alkanes of at least 4 members (excludes halogenated alkanes) is 1. The van der Waals surface area contributed by atoms with E-state index < -0.39 is 53.1 Å². The lowest BCUT2D eigenvalue weighted by Crippen LogP contribution is -2.61. The predicted molar refractivity (Wildman–Crippen MR) is 193 cm³/mol. The van der Waals surface area contributed by atoms with Gasteiger partial charge in [-0.25, -0.2) is 9.78 Å². The van der Waals surface area contributed by atoms with Crippen molar-refractivity contribution >= 4 is 47.2 Å². The molecule has 1 amide bonds. The van der Waals surface area contributed by atoms with Gasteiger partial charge in [0.25, 0.3) is 0 Å². The van der Waals surface area contributed by atoms with Gasteiger partial charge in [-0.1, -0.05) is 38.1 Å². The summed E-state index contributed by atoms with van der Waals surface area (Å²) in [4.78, 5) is 47.1. The number of aryl methyl sites for hydroxylation is 1. The standard InChI is InChI=1S/C36H51BN6O6S/c1-9-28-36(7)31(24(5)38-19-21(2)18-35(6,47-8)30(37)22(3)29(44)23(4)33(45)48-28)43(34(46)49-36)17-13-12-16-42-20-26(40-41-42)32-39-25-14-10-11-15-27(25)50-32/h10-11,14-15,20-24,28,30-31,38H,9,12-13,16-19H2,1-8H3/t21-,22+,23-,24-,28-,30-,31-,35-,36-/m1/s1. The molecule has 2 aliphatic rings. The van der Waals surface area contributed by atoms with Gasteiger partial charge in [-0.2, -0.15) is 0 Å². The Morgan fingerprint density at radius 3 is 2.52 bits per heavy atom. The molecule has 3 aromatic rings. The van der Waals surface area contributed by atoms with E-state index in [9.17, 15) is 14.4 Å². The average molecular weight is 707 g/mol. The molecule has 0 saturated carbocycles. The van der Waals surface area contributed by atoms with Gasteiger partial charge in [0.15, 0.2) is 5.60 Å². The van der Waals surface area contributed by atoms with E-state index in [2.05, 4.69) is 27.5 Å². The van der Waals surface area contributed by atoms with E-state index in [1.54, 1.807) is 41.9 Å². The number of thiazole rings is 1. The van der Waals surface area contributed by atoms with Gasteiger partial charge in [-0.05, 0) is 83.8 Å². The minimum Gasteiger partial charge on any atom is -0.458 e. The number of Topliss-reactive ketones (excluding diaryl/α,β-unsaturated/α-hetero) is 1. The molecule has 2 aliphatic heterocycles. The molecule has 14 heteroatoms. The number of carbonyl (C=O) groups is 3. The van der Waals surface area contributed by atoms with Gasteiger partial charge in [0.1, 0.15) is 28.5 Å². The molecule has 0 spiro atoms. The number of ketones is 1. The lowest BCUT2D eigenvalue weighted by Gasteiger charge is -2.41. The normalized spacial score (nSPS) is 33.1. The second-order valence-electron chi connectivity index (χ2n) is 14.5. The number of amides is 1. The van der Waals surface area contributed by atoms with Crippen molar-refractivity contribution in [3.63, 3.8) is 0 Å². The van der Waals surface area contributed by atoms with Crippen molar-refractivity contribution < 1.29 is 28.6 Å². The number of nitrogens with zero attached hydrogens (tertiary/aromatic N) is 5. The second-order valence-corrected chi connectivity index (χ2v) is 15.6. The Balaban J connectivity index is 1.32. The maximum Gasteiger partial charge on any atom is 0.410 e. The van der Waals surface area contributed by atoms with Crippen molar-refractivity contribution in [1.29, 1.82) is 0 Å². The van der Waals surface area contributed by atoms with Crippen molar-refractivity contribution in [2.75, 3.05) is 20.2 Å². The summed E-state index contributed by atoms with van der Waals surface area (Å²) < 4.78 is 21.0. The average Bonchev–Trinajstić information content (AvgIpc) is 3.81. The van der Waals surface area contributed by atoms with Crippen LogP contribution >= 0.6 is 11.3 Å². The molecule has 0 bridgehead atoms. The fourth-order valence-electron chi connectivity index (χ4n) is 7.71. The quantitative estimate of drug-likeness (QED) is 0.139. The van der Waals surface area contributed by atoms with Crippen LogP contribution in [0.3, 0.4) is 0 Å². The van der Waals surface area contributed by atoms with Crippen molar-refractivity contribution in [3.8, 4) is 10.7 Å². The first-order chi connectivity index (χ1) is 23.7. The number of cyclic esters (lactones) is 1. The Morgan fingerprint density at radius 2 is 1.82 bits per heavy atom. The van der Waals surface area contributed by atoms with Crippen molar-refractivity contribution in [2.24, 2.45) is 17.8 Å². The lowest BCUT2D eigenvalue weighted by molar-refractivity contribution is -0.170. The Morgan fingerprint density at radius 1 is 1.10 bits per heavy atom. The zero-order valence-electron chi connectivity index (χ0n) is 30.5. The smallest absolute Gasteiger partial charge is 0.410 e. The summed E-state index contributed by atoms with van der Waals surface area (Å²) in [5.74, 6) is -3.17. The van der Waals surface area contributed by atoms with E-state index in [0.29, 0.717) is 38.9 Å². The highest BCUT2D eigenvalue weighted by Crippen LogP contribution is 2.41. The van der Waals surface area contributed by atoms with E-state index in [1.165, 1.54) is 0 Å². The van der Waals surface area contributed by atoms with Crippen LogP contribution in [-0.2, 0) is 30.3 Å².